The molecule has 3 nitrogen and oxygen atoms in total. The molecule has 2 atom stereocenters. The summed E-state index contributed by atoms with van der Waals surface area (Å²) in [4.78, 5) is 13.6. The molecule has 14 heavy (non-hydrogen) atoms. The maximum atomic E-state index is 11.6. The molecule has 0 aromatic rings. The SMILES string of the molecule is CC1CC(=O)N(CC2CCCCN2)C1. The predicted octanol–water partition coefficient (Wildman–Crippen LogP) is 0.997. The summed E-state index contributed by atoms with van der Waals surface area (Å²) in [6, 6.07) is 0.554. The van der Waals surface area contributed by atoms with Crippen LogP contribution in [0.1, 0.15) is 32.6 Å². The summed E-state index contributed by atoms with van der Waals surface area (Å²) in [6.45, 7) is 5.19. The fourth-order valence-electron chi connectivity index (χ4n) is 2.49. The largest absolute Gasteiger partial charge is 0.341 e. The summed E-state index contributed by atoms with van der Waals surface area (Å²) in [7, 11) is 0. The van der Waals surface area contributed by atoms with Crippen molar-refractivity contribution < 1.29 is 4.79 Å². The normalized spacial score (nSPS) is 33.8. The van der Waals surface area contributed by atoms with E-state index in [1.54, 1.807) is 0 Å². The van der Waals surface area contributed by atoms with Crippen LogP contribution in [0.4, 0.5) is 0 Å². The zero-order chi connectivity index (χ0) is 9.97. The van der Waals surface area contributed by atoms with Gasteiger partial charge in [-0.2, -0.15) is 0 Å². The molecule has 0 saturated carbocycles. The van der Waals surface area contributed by atoms with Gasteiger partial charge in [-0.15, -0.1) is 0 Å². The van der Waals surface area contributed by atoms with Crippen molar-refractivity contribution in [2.45, 2.75) is 38.6 Å². The lowest BCUT2D eigenvalue weighted by atomic mass is 10.0. The Kier molecular flexibility index (Phi) is 3.06. The van der Waals surface area contributed by atoms with E-state index in [0.29, 0.717) is 17.9 Å². The highest BCUT2D eigenvalue weighted by Crippen LogP contribution is 2.18. The summed E-state index contributed by atoms with van der Waals surface area (Å²) in [5.41, 5.74) is 0. The van der Waals surface area contributed by atoms with Gasteiger partial charge >= 0.3 is 0 Å². The van der Waals surface area contributed by atoms with E-state index in [2.05, 4.69) is 12.2 Å². The van der Waals surface area contributed by atoms with Crippen molar-refractivity contribution in [1.82, 2.24) is 10.2 Å². The standard InChI is InChI=1S/C11H20N2O/c1-9-6-11(14)13(7-9)8-10-4-2-3-5-12-10/h9-10,12H,2-8H2,1H3. The van der Waals surface area contributed by atoms with E-state index in [4.69, 9.17) is 0 Å². The molecule has 1 amide bonds. The van der Waals surface area contributed by atoms with Crippen molar-refractivity contribution in [3.05, 3.63) is 0 Å². The number of hydrogen-bond acceptors (Lipinski definition) is 2. The van der Waals surface area contributed by atoms with Crippen LogP contribution >= 0.6 is 0 Å². The number of carbonyl (C=O) groups excluding carboxylic acids is 1. The molecule has 2 aliphatic heterocycles. The first kappa shape index (κ1) is 9.97. The minimum Gasteiger partial charge on any atom is -0.341 e. The summed E-state index contributed by atoms with van der Waals surface area (Å²) in [5, 5.41) is 3.49. The molecule has 0 radical (unpaired) electrons. The molecule has 1 N–H and O–H groups in total. The van der Waals surface area contributed by atoms with Crippen LogP contribution in [0.25, 0.3) is 0 Å². The summed E-state index contributed by atoms with van der Waals surface area (Å²) >= 11 is 0. The van der Waals surface area contributed by atoms with Crippen molar-refractivity contribution in [2.75, 3.05) is 19.6 Å². The molecule has 2 heterocycles. The zero-order valence-electron chi connectivity index (χ0n) is 8.96. The van der Waals surface area contributed by atoms with Gasteiger partial charge in [0.15, 0.2) is 0 Å². The van der Waals surface area contributed by atoms with Crippen LogP contribution in [-0.4, -0.2) is 36.5 Å². The maximum absolute atomic E-state index is 11.6. The van der Waals surface area contributed by atoms with Crippen LogP contribution in [0.2, 0.25) is 0 Å². The topological polar surface area (TPSA) is 32.3 Å². The number of hydrogen-bond donors (Lipinski definition) is 1. The second-order valence-electron chi connectivity index (χ2n) is 4.75. The van der Waals surface area contributed by atoms with Crippen molar-refractivity contribution >= 4 is 5.91 Å². The van der Waals surface area contributed by atoms with Gasteiger partial charge in [-0.3, -0.25) is 4.79 Å². The van der Waals surface area contributed by atoms with E-state index in [9.17, 15) is 4.79 Å². The Balaban J connectivity index is 1.81. The number of nitrogens with zero attached hydrogens (tertiary/aromatic N) is 1. The fourth-order valence-corrected chi connectivity index (χ4v) is 2.49. The second kappa shape index (κ2) is 4.30. The van der Waals surface area contributed by atoms with E-state index in [1.165, 1.54) is 19.3 Å². The first-order valence-electron chi connectivity index (χ1n) is 5.77. The second-order valence-corrected chi connectivity index (χ2v) is 4.75. The van der Waals surface area contributed by atoms with E-state index >= 15 is 0 Å². The highest BCUT2D eigenvalue weighted by molar-refractivity contribution is 5.78. The molecule has 2 saturated heterocycles. The van der Waals surface area contributed by atoms with Crippen LogP contribution in [0.15, 0.2) is 0 Å². The number of likely N-dealkylation sites (tertiary alicyclic amines) is 1. The molecule has 0 aliphatic carbocycles. The van der Waals surface area contributed by atoms with Gasteiger partial charge in [0.05, 0.1) is 0 Å². The van der Waals surface area contributed by atoms with Gasteiger partial charge < -0.3 is 10.2 Å². The fraction of sp³-hybridized carbons (Fsp3) is 0.909. The molecule has 2 aliphatic rings. The number of nitrogens with one attached hydrogen (secondary N) is 1. The Labute approximate surface area is 85.8 Å². The van der Waals surface area contributed by atoms with Gasteiger partial charge in [0.25, 0.3) is 0 Å². The van der Waals surface area contributed by atoms with Crippen molar-refractivity contribution in [2.24, 2.45) is 5.92 Å². The van der Waals surface area contributed by atoms with Gasteiger partial charge in [-0.05, 0) is 25.3 Å². The van der Waals surface area contributed by atoms with Crippen LogP contribution < -0.4 is 5.32 Å². The smallest absolute Gasteiger partial charge is 0.222 e. The lowest BCUT2D eigenvalue weighted by Gasteiger charge is -2.28. The van der Waals surface area contributed by atoms with Gasteiger partial charge in [0, 0.05) is 25.6 Å². The molecular weight excluding hydrogens is 176 g/mol. The first-order chi connectivity index (χ1) is 6.75. The number of rotatable bonds is 2. The molecule has 0 spiro atoms. The van der Waals surface area contributed by atoms with Crippen LogP contribution in [0, 0.1) is 5.92 Å². The molecule has 3 heteroatoms. The van der Waals surface area contributed by atoms with E-state index in [-0.39, 0.29) is 0 Å². The van der Waals surface area contributed by atoms with Crippen molar-refractivity contribution in [3.8, 4) is 0 Å². The third-order valence-electron chi connectivity index (χ3n) is 3.26. The molecule has 2 unspecified atom stereocenters. The van der Waals surface area contributed by atoms with Gasteiger partial charge in [0.2, 0.25) is 5.91 Å². The Morgan fingerprint density at radius 2 is 2.36 bits per heavy atom. The number of piperidine rings is 1. The van der Waals surface area contributed by atoms with E-state index < -0.39 is 0 Å². The summed E-state index contributed by atoms with van der Waals surface area (Å²) in [5.74, 6) is 0.913. The Morgan fingerprint density at radius 1 is 1.50 bits per heavy atom. The minimum atomic E-state index is 0.352. The summed E-state index contributed by atoms with van der Waals surface area (Å²) < 4.78 is 0. The van der Waals surface area contributed by atoms with Crippen molar-refractivity contribution in [1.29, 1.82) is 0 Å². The molecule has 0 aromatic carbocycles. The molecule has 0 aromatic heterocycles. The molecular formula is C11H20N2O. The lowest BCUT2D eigenvalue weighted by molar-refractivity contribution is -0.128. The molecule has 2 rings (SSSR count). The Bertz CT molecular complexity index is 211. The average Bonchev–Trinajstić information content (AvgIpc) is 2.47. The highest BCUT2D eigenvalue weighted by atomic mass is 16.2. The first-order valence-corrected chi connectivity index (χ1v) is 5.77. The quantitative estimate of drug-likeness (QED) is 0.714. The monoisotopic (exact) mass is 196 g/mol. The molecule has 80 valence electrons. The lowest BCUT2D eigenvalue weighted by Crippen LogP contribution is -2.44. The average molecular weight is 196 g/mol. The summed E-state index contributed by atoms with van der Waals surface area (Å²) in [6.07, 6.45) is 4.60. The maximum Gasteiger partial charge on any atom is 0.222 e. The Hall–Kier alpha value is -0.570. The van der Waals surface area contributed by atoms with E-state index in [0.717, 1.165) is 26.1 Å². The molecule has 2 fully saturated rings. The molecule has 0 bridgehead atoms. The third-order valence-corrected chi connectivity index (χ3v) is 3.26. The predicted molar refractivity (Wildman–Crippen MR) is 56.0 cm³/mol. The van der Waals surface area contributed by atoms with Crippen LogP contribution in [0.3, 0.4) is 0 Å². The van der Waals surface area contributed by atoms with E-state index in [1.807, 2.05) is 4.90 Å². The van der Waals surface area contributed by atoms with Gasteiger partial charge in [0.1, 0.15) is 0 Å². The third kappa shape index (κ3) is 2.27. The van der Waals surface area contributed by atoms with Gasteiger partial charge in [-0.1, -0.05) is 13.3 Å². The number of carbonyl (C=O) groups is 1. The highest BCUT2D eigenvalue weighted by Gasteiger charge is 2.28. The van der Waals surface area contributed by atoms with Crippen molar-refractivity contribution in [3.63, 3.8) is 0 Å². The van der Waals surface area contributed by atoms with Gasteiger partial charge in [-0.25, -0.2) is 0 Å². The van der Waals surface area contributed by atoms with Crippen LogP contribution in [-0.2, 0) is 4.79 Å². The zero-order valence-corrected chi connectivity index (χ0v) is 8.96. The van der Waals surface area contributed by atoms with Crippen LogP contribution in [0.5, 0.6) is 0 Å². The number of amides is 1. The minimum absolute atomic E-state index is 0.352. The Morgan fingerprint density at radius 3 is 2.93 bits per heavy atom.